The van der Waals surface area contributed by atoms with Gasteiger partial charge in [-0.2, -0.15) is 0 Å². The molecule has 1 fully saturated rings. The van der Waals surface area contributed by atoms with E-state index in [-0.39, 0.29) is 11.9 Å². The molecule has 3 nitrogen and oxygen atoms in total. The van der Waals surface area contributed by atoms with E-state index >= 15 is 0 Å². The smallest absolute Gasteiger partial charge is 0.253 e. The van der Waals surface area contributed by atoms with Crippen LogP contribution < -0.4 is 11.1 Å². The van der Waals surface area contributed by atoms with Crippen LogP contribution in [-0.4, -0.2) is 11.9 Å². The maximum atomic E-state index is 12.2. The molecule has 1 unspecified atom stereocenters. The van der Waals surface area contributed by atoms with Gasteiger partial charge in [0, 0.05) is 11.7 Å². The molecule has 0 saturated heterocycles. The summed E-state index contributed by atoms with van der Waals surface area (Å²) in [4.78, 5) is 12.2. The highest BCUT2D eigenvalue weighted by Gasteiger charge is 2.25. The van der Waals surface area contributed by atoms with Gasteiger partial charge in [-0.05, 0) is 43.4 Å². The van der Waals surface area contributed by atoms with Gasteiger partial charge in [0.2, 0.25) is 0 Å². The molecule has 1 atom stereocenters. The molecule has 98 valence electrons. The first kappa shape index (κ1) is 12.9. The SMILES string of the molecule is CCC(CC1CC1)NC(=O)c1ccc(C)cc1N. The molecule has 0 spiro atoms. The second-order valence-electron chi connectivity index (χ2n) is 5.35. The number of carbonyl (C=O) groups is 1. The topological polar surface area (TPSA) is 55.1 Å². The normalized spacial score (nSPS) is 16.3. The van der Waals surface area contributed by atoms with Crippen LogP contribution in [0.15, 0.2) is 18.2 Å². The van der Waals surface area contributed by atoms with Crippen molar-refractivity contribution in [1.82, 2.24) is 5.32 Å². The van der Waals surface area contributed by atoms with E-state index in [4.69, 9.17) is 5.73 Å². The van der Waals surface area contributed by atoms with Gasteiger partial charge in [0.05, 0.1) is 5.56 Å². The molecule has 1 saturated carbocycles. The third-order valence-electron chi connectivity index (χ3n) is 3.59. The lowest BCUT2D eigenvalue weighted by Crippen LogP contribution is -2.35. The van der Waals surface area contributed by atoms with E-state index < -0.39 is 0 Å². The highest BCUT2D eigenvalue weighted by Crippen LogP contribution is 2.34. The van der Waals surface area contributed by atoms with Gasteiger partial charge in [-0.1, -0.05) is 25.8 Å². The predicted molar refractivity (Wildman–Crippen MR) is 74.5 cm³/mol. The minimum absolute atomic E-state index is 0.0417. The third kappa shape index (κ3) is 3.25. The van der Waals surface area contributed by atoms with Crippen LogP contribution >= 0.6 is 0 Å². The summed E-state index contributed by atoms with van der Waals surface area (Å²) in [7, 11) is 0. The molecule has 0 heterocycles. The van der Waals surface area contributed by atoms with Gasteiger partial charge in [-0.3, -0.25) is 4.79 Å². The molecule has 0 aliphatic heterocycles. The first-order valence-electron chi connectivity index (χ1n) is 6.77. The highest BCUT2D eigenvalue weighted by molar-refractivity contribution is 5.99. The third-order valence-corrected chi connectivity index (χ3v) is 3.59. The fourth-order valence-electron chi connectivity index (χ4n) is 2.24. The largest absolute Gasteiger partial charge is 0.398 e. The summed E-state index contributed by atoms with van der Waals surface area (Å²) in [5.74, 6) is 0.783. The van der Waals surface area contributed by atoms with Gasteiger partial charge >= 0.3 is 0 Å². The van der Waals surface area contributed by atoms with Crippen molar-refractivity contribution in [3.8, 4) is 0 Å². The zero-order valence-corrected chi connectivity index (χ0v) is 11.2. The predicted octanol–water partition coefficient (Wildman–Crippen LogP) is 2.89. The Morgan fingerprint density at radius 1 is 1.50 bits per heavy atom. The number of carbonyl (C=O) groups excluding carboxylic acids is 1. The van der Waals surface area contributed by atoms with Crippen molar-refractivity contribution >= 4 is 11.6 Å². The Balaban J connectivity index is 2.00. The quantitative estimate of drug-likeness (QED) is 0.785. The number of rotatable bonds is 5. The molecule has 1 aliphatic carbocycles. The Morgan fingerprint density at radius 2 is 2.22 bits per heavy atom. The highest BCUT2D eigenvalue weighted by atomic mass is 16.1. The van der Waals surface area contributed by atoms with Crippen molar-refractivity contribution in [3.63, 3.8) is 0 Å². The second-order valence-corrected chi connectivity index (χ2v) is 5.35. The van der Waals surface area contributed by atoms with Crippen molar-refractivity contribution in [3.05, 3.63) is 29.3 Å². The minimum Gasteiger partial charge on any atom is -0.398 e. The fourth-order valence-corrected chi connectivity index (χ4v) is 2.24. The first-order chi connectivity index (χ1) is 8.60. The fraction of sp³-hybridized carbons (Fsp3) is 0.533. The molecular formula is C15H22N2O. The molecule has 2 rings (SSSR count). The van der Waals surface area contributed by atoms with Crippen LogP contribution in [0.3, 0.4) is 0 Å². The van der Waals surface area contributed by atoms with Gasteiger partial charge in [0.1, 0.15) is 0 Å². The van der Waals surface area contributed by atoms with Crippen LogP contribution in [0.4, 0.5) is 5.69 Å². The molecule has 3 N–H and O–H groups in total. The molecule has 0 aromatic heterocycles. The summed E-state index contributed by atoms with van der Waals surface area (Å²) in [5, 5.41) is 3.10. The second kappa shape index (κ2) is 5.42. The molecule has 0 radical (unpaired) electrons. The summed E-state index contributed by atoms with van der Waals surface area (Å²) >= 11 is 0. The van der Waals surface area contributed by atoms with Crippen LogP contribution in [0.25, 0.3) is 0 Å². The number of amides is 1. The van der Waals surface area contributed by atoms with Crippen molar-refractivity contribution in [2.24, 2.45) is 5.92 Å². The van der Waals surface area contributed by atoms with Crippen LogP contribution in [0.1, 0.15) is 48.5 Å². The van der Waals surface area contributed by atoms with E-state index in [2.05, 4.69) is 12.2 Å². The minimum atomic E-state index is -0.0417. The molecule has 1 amide bonds. The lowest BCUT2D eigenvalue weighted by Gasteiger charge is -2.17. The molecule has 1 aromatic rings. The van der Waals surface area contributed by atoms with Crippen molar-refractivity contribution in [1.29, 1.82) is 0 Å². The molecule has 1 aromatic carbocycles. The summed E-state index contributed by atoms with van der Waals surface area (Å²) in [6.07, 6.45) is 4.72. The molecule has 1 aliphatic rings. The van der Waals surface area contributed by atoms with E-state index in [1.165, 1.54) is 12.8 Å². The van der Waals surface area contributed by atoms with Gasteiger partial charge in [-0.25, -0.2) is 0 Å². The van der Waals surface area contributed by atoms with Gasteiger partial charge in [0.15, 0.2) is 0 Å². The Bertz CT molecular complexity index is 438. The lowest BCUT2D eigenvalue weighted by molar-refractivity contribution is 0.0933. The number of nitrogens with one attached hydrogen (secondary N) is 1. The Morgan fingerprint density at radius 3 is 2.78 bits per heavy atom. The number of hydrogen-bond acceptors (Lipinski definition) is 2. The standard InChI is InChI=1S/C15H22N2O/c1-3-12(9-11-5-6-11)17-15(18)13-7-4-10(2)8-14(13)16/h4,7-8,11-12H,3,5-6,9,16H2,1-2H3,(H,17,18). The number of hydrogen-bond donors (Lipinski definition) is 2. The number of anilines is 1. The van der Waals surface area contributed by atoms with E-state index in [0.717, 1.165) is 24.3 Å². The summed E-state index contributed by atoms with van der Waals surface area (Å²) in [5.41, 5.74) is 8.13. The summed E-state index contributed by atoms with van der Waals surface area (Å²) < 4.78 is 0. The zero-order valence-electron chi connectivity index (χ0n) is 11.2. The number of benzene rings is 1. The van der Waals surface area contributed by atoms with E-state index in [0.29, 0.717) is 11.3 Å². The van der Waals surface area contributed by atoms with Crippen molar-refractivity contribution in [2.45, 2.75) is 45.6 Å². The lowest BCUT2D eigenvalue weighted by atomic mass is 10.1. The monoisotopic (exact) mass is 246 g/mol. The van der Waals surface area contributed by atoms with Gasteiger partial charge in [-0.15, -0.1) is 0 Å². The molecule has 0 bridgehead atoms. The van der Waals surface area contributed by atoms with E-state index in [1.54, 1.807) is 0 Å². The van der Waals surface area contributed by atoms with E-state index in [9.17, 15) is 4.79 Å². The number of nitrogen functional groups attached to an aromatic ring is 1. The maximum Gasteiger partial charge on any atom is 0.253 e. The van der Waals surface area contributed by atoms with Crippen LogP contribution in [-0.2, 0) is 0 Å². The average Bonchev–Trinajstić information content (AvgIpc) is 3.11. The number of aryl methyl sites for hydroxylation is 1. The Labute approximate surface area is 109 Å². The van der Waals surface area contributed by atoms with Crippen LogP contribution in [0, 0.1) is 12.8 Å². The zero-order chi connectivity index (χ0) is 13.1. The maximum absolute atomic E-state index is 12.2. The Kier molecular flexibility index (Phi) is 3.90. The Hall–Kier alpha value is -1.51. The first-order valence-corrected chi connectivity index (χ1v) is 6.77. The average molecular weight is 246 g/mol. The van der Waals surface area contributed by atoms with Crippen LogP contribution in [0.5, 0.6) is 0 Å². The van der Waals surface area contributed by atoms with Gasteiger partial charge < -0.3 is 11.1 Å². The van der Waals surface area contributed by atoms with Crippen LogP contribution in [0.2, 0.25) is 0 Å². The summed E-state index contributed by atoms with van der Waals surface area (Å²) in [6.45, 7) is 4.09. The van der Waals surface area contributed by atoms with Gasteiger partial charge in [0.25, 0.3) is 5.91 Å². The molecule has 18 heavy (non-hydrogen) atoms. The summed E-state index contributed by atoms with van der Waals surface area (Å²) in [6, 6.07) is 5.86. The van der Waals surface area contributed by atoms with Crippen molar-refractivity contribution < 1.29 is 4.79 Å². The molecule has 3 heteroatoms. The van der Waals surface area contributed by atoms with E-state index in [1.807, 2.05) is 25.1 Å². The number of nitrogens with two attached hydrogens (primary N) is 1. The van der Waals surface area contributed by atoms with Crippen molar-refractivity contribution in [2.75, 3.05) is 5.73 Å². The molecular weight excluding hydrogens is 224 g/mol.